The summed E-state index contributed by atoms with van der Waals surface area (Å²) in [6.45, 7) is 4.80. The van der Waals surface area contributed by atoms with E-state index in [0.717, 1.165) is 24.9 Å². The quantitative estimate of drug-likeness (QED) is 0.856. The third-order valence-electron chi connectivity index (χ3n) is 6.64. The molecular weight excluding hydrogens is 357 g/mol. The van der Waals surface area contributed by atoms with E-state index < -0.39 is 17.6 Å². The van der Waals surface area contributed by atoms with Gasteiger partial charge in [-0.2, -0.15) is 13.2 Å². The molecule has 2 heterocycles. The van der Waals surface area contributed by atoms with E-state index in [0.29, 0.717) is 29.0 Å². The van der Waals surface area contributed by atoms with Gasteiger partial charge in [0, 0.05) is 30.4 Å². The molecule has 0 spiro atoms. The topological polar surface area (TPSA) is 77.0 Å². The Kier molecular flexibility index (Phi) is 3.18. The lowest BCUT2D eigenvalue weighted by atomic mass is 9.97. The highest BCUT2D eigenvalue weighted by Gasteiger charge is 2.89. The summed E-state index contributed by atoms with van der Waals surface area (Å²) in [7, 11) is 0. The number of aliphatic hydroxyl groups is 1. The van der Waals surface area contributed by atoms with E-state index in [1.54, 1.807) is 0 Å². The highest BCUT2D eigenvalue weighted by Crippen LogP contribution is 2.90. The van der Waals surface area contributed by atoms with Crippen molar-refractivity contribution in [2.45, 2.75) is 45.0 Å². The molecule has 2 bridgehead atoms. The number of aliphatic hydroxyl groups excluding tert-OH is 1. The van der Waals surface area contributed by atoms with Gasteiger partial charge in [-0.15, -0.1) is 0 Å². The van der Waals surface area contributed by atoms with Gasteiger partial charge in [0.2, 0.25) is 0 Å². The van der Waals surface area contributed by atoms with Crippen LogP contribution >= 0.6 is 0 Å². The number of anilines is 1. The molecule has 2 aromatic heterocycles. The van der Waals surface area contributed by atoms with Crippen LogP contribution in [0.5, 0.6) is 0 Å². The number of alkyl halides is 3. The number of nitrogen functional groups attached to an aromatic ring is 1. The molecule has 0 amide bonds. The maximum atomic E-state index is 13.2. The maximum Gasteiger partial charge on any atom is 0.419 e. The Morgan fingerprint density at radius 1 is 1.37 bits per heavy atom. The monoisotopic (exact) mass is 378 g/mol. The predicted molar refractivity (Wildman–Crippen MR) is 92.5 cm³/mol. The second kappa shape index (κ2) is 5.04. The highest BCUT2D eigenvalue weighted by molar-refractivity contribution is 5.62. The first kappa shape index (κ1) is 17.0. The van der Waals surface area contributed by atoms with Crippen molar-refractivity contribution in [2.24, 2.45) is 23.2 Å². The van der Waals surface area contributed by atoms with Crippen LogP contribution in [0, 0.1) is 23.2 Å². The first-order chi connectivity index (χ1) is 12.6. The molecule has 3 N–H and O–H groups in total. The molecule has 0 radical (unpaired) electrons. The van der Waals surface area contributed by atoms with Crippen molar-refractivity contribution >= 4 is 5.82 Å². The number of nitrogens with two attached hydrogens (primary N) is 1. The minimum absolute atomic E-state index is 0.135. The summed E-state index contributed by atoms with van der Waals surface area (Å²) in [5.74, 6) is 2.16. The number of hydrogen-bond donors (Lipinski definition) is 2. The minimum Gasteiger partial charge on any atom is -0.393 e. The zero-order chi connectivity index (χ0) is 19.3. The van der Waals surface area contributed by atoms with Gasteiger partial charge in [0.15, 0.2) is 0 Å². The standard InChI is InChI=1S/C19H21F3N4O/c1-8(2)17-25-11(9-3-10(19(20,21)22)16(23)24-5-9)6-26(17)7-18-4-12(27)13-14(18)15(13)18/h3,5-6,8,12-15,27H,4,7H2,1-2H3,(H2,23,24)/t12?,13?,14-,15?,18+/m1/s1. The highest BCUT2D eigenvalue weighted by atomic mass is 19.4. The predicted octanol–water partition coefficient (Wildman–Crippen LogP) is 3.30. The Hall–Kier alpha value is -2.09. The van der Waals surface area contributed by atoms with E-state index in [-0.39, 0.29) is 17.4 Å². The van der Waals surface area contributed by atoms with Crippen LogP contribution in [0.15, 0.2) is 18.5 Å². The minimum atomic E-state index is -4.56. The summed E-state index contributed by atoms with van der Waals surface area (Å²) in [5.41, 5.74) is 5.41. The maximum absolute atomic E-state index is 13.2. The molecule has 8 heteroatoms. The van der Waals surface area contributed by atoms with Crippen molar-refractivity contribution in [2.75, 3.05) is 5.73 Å². The van der Waals surface area contributed by atoms with Crippen molar-refractivity contribution in [1.29, 1.82) is 0 Å². The van der Waals surface area contributed by atoms with Gasteiger partial charge < -0.3 is 15.4 Å². The molecule has 0 saturated heterocycles. The molecule has 4 saturated carbocycles. The lowest BCUT2D eigenvalue weighted by molar-refractivity contribution is -0.137. The van der Waals surface area contributed by atoms with Gasteiger partial charge in [0.1, 0.15) is 11.6 Å². The summed E-state index contributed by atoms with van der Waals surface area (Å²) in [6, 6.07) is 1.02. The molecule has 4 aliphatic carbocycles. The Bertz CT molecular complexity index is 926. The number of imidazole rings is 1. The number of rotatable bonds is 4. The van der Waals surface area contributed by atoms with Gasteiger partial charge in [-0.3, -0.25) is 0 Å². The van der Waals surface area contributed by atoms with Crippen LogP contribution in [-0.2, 0) is 12.7 Å². The lowest BCUT2D eigenvalue weighted by Gasteiger charge is -2.19. The SMILES string of the molecule is CC(C)c1nc(-c2cnc(N)c(C(F)(F)F)c2)cn1C[C@]12CC(O)C3C1[C@@H]32. The largest absolute Gasteiger partial charge is 0.419 e. The fourth-order valence-electron chi connectivity index (χ4n) is 5.41. The average molecular weight is 378 g/mol. The summed E-state index contributed by atoms with van der Waals surface area (Å²) in [5, 5.41) is 10.0. The molecule has 5 nitrogen and oxygen atoms in total. The van der Waals surface area contributed by atoms with Crippen LogP contribution in [0.25, 0.3) is 11.3 Å². The van der Waals surface area contributed by atoms with Crippen molar-refractivity contribution in [3.63, 3.8) is 0 Å². The van der Waals surface area contributed by atoms with Gasteiger partial charge in [-0.1, -0.05) is 13.8 Å². The third kappa shape index (κ3) is 2.28. The van der Waals surface area contributed by atoms with E-state index in [4.69, 9.17) is 5.73 Å². The first-order valence-corrected chi connectivity index (χ1v) is 9.21. The van der Waals surface area contributed by atoms with E-state index in [1.165, 1.54) is 6.20 Å². The van der Waals surface area contributed by atoms with Crippen LogP contribution < -0.4 is 5.73 Å². The Morgan fingerprint density at radius 3 is 2.63 bits per heavy atom. The molecule has 4 aliphatic rings. The van der Waals surface area contributed by atoms with Crippen molar-refractivity contribution < 1.29 is 18.3 Å². The Morgan fingerprint density at radius 2 is 2.07 bits per heavy atom. The van der Waals surface area contributed by atoms with Crippen molar-refractivity contribution in [3.05, 3.63) is 29.8 Å². The molecule has 5 atom stereocenters. The summed E-state index contributed by atoms with van der Waals surface area (Å²) >= 11 is 0. The fourth-order valence-corrected chi connectivity index (χ4v) is 5.41. The second-order valence-corrected chi connectivity index (χ2v) is 8.56. The summed E-state index contributed by atoms with van der Waals surface area (Å²) < 4.78 is 41.5. The summed E-state index contributed by atoms with van der Waals surface area (Å²) in [6.07, 6.45) is -0.779. The Labute approximate surface area is 154 Å². The molecule has 4 fully saturated rings. The van der Waals surface area contributed by atoms with E-state index in [9.17, 15) is 18.3 Å². The molecular formula is C19H21F3N4O. The number of halogens is 3. The van der Waals surface area contributed by atoms with Gasteiger partial charge >= 0.3 is 6.18 Å². The van der Waals surface area contributed by atoms with Crippen molar-refractivity contribution in [1.82, 2.24) is 14.5 Å². The number of aromatic nitrogens is 3. The van der Waals surface area contributed by atoms with Gasteiger partial charge in [0.25, 0.3) is 0 Å². The molecule has 6 rings (SSSR count). The molecule has 3 unspecified atom stereocenters. The normalized spacial score (nSPS) is 33.4. The van der Waals surface area contributed by atoms with E-state index >= 15 is 0 Å². The van der Waals surface area contributed by atoms with Crippen LogP contribution in [0.1, 0.15) is 37.6 Å². The van der Waals surface area contributed by atoms with Crippen LogP contribution in [0.3, 0.4) is 0 Å². The Balaban J connectivity index is 1.50. The first-order valence-electron chi connectivity index (χ1n) is 9.21. The number of pyridine rings is 1. The lowest BCUT2D eigenvalue weighted by Crippen LogP contribution is -2.18. The van der Waals surface area contributed by atoms with Crippen LogP contribution in [-0.4, -0.2) is 25.7 Å². The smallest absolute Gasteiger partial charge is 0.393 e. The molecule has 144 valence electrons. The van der Waals surface area contributed by atoms with Gasteiger partial charge in [-0.25, -0.2) is 9.97 Å². The average Bonchev–Trinajstić information content (AvgIpc) is 3.32. The van der Waals surface area contributed by atoms with Crippen molar-refractivity contribution in [3.8, 4) is 11.3 Å². The molecule has 27 heavy (non-hydrogen) atoms. The van der Waals surface area contributed by atoms with Gasteiger partial charge in [-0.05, 0) is 35.7 Å². The van der Waals surface area contributed by atoms with E-state index in [1.807, 2.05) is 20.0 Å². The molecule has 0 aromatic carbocycles. The fraction of sp³-hybridized carbons (Fsp3) is 0.579. The van der Waals surface area contributed by atoms with E-state index in [2.05, 4.69) is 14.5 Å². The van der Waals surface area contributed by atoms with Crippen LogP contribution in [0.4, 0.5) is 19.0 Å². The number of fused-ring (bicyclic) bond motifs is 1. The summed E-state index contributed by atoms with van der Waals surface area (Å²) in [4.78, 5) is 8.32. The molecule has 2 aromatic rings. The number of nitrogens with zero attached hydrogens (tertiary/aromatic N) is 3. The van der Waals surface area contributed by atoms with Gasteiger partial charge in [0.05, 0.1) is 17.4 Å². The number of hydrogen-bond acceptors (Lipinski definition) is 4. The molecule has 0 aliphatic heterocycles. The zero-order valence-electron chi connectivity index (χ0n) is 15.0. The van der Waals surface area contributed by atoms with Crippen LogP contribution in [0.2, 0.25) is 0 Å². The third-order valence-corrected chi connectivity index (χ3v) is 6.64. The zero-order valence-corrected chi connectivity index (χ0v) is 15.0. The second-order valence-electron chi connectivity index (χ2n) is 8.56.